The minimum Gasteiger partial charge on any atom is -0.466 e. The number of amides is 1. The van der Waals surface area contributed by atoms with E-state index >= 15 is 0 Å². The summed E-state index contributed by atoms with van der Waals surface area (Å²) in [4.78, 5) is 24.4. The number of rotatable bonds is 48. The van der Waals surface area contributed by atoms with Gasteiger partial charge in [0, 0.05) is 12.8 Å². The zero-order valence-electron chi connectivity index (χ0n) is 39.5. The lowest BCUT2D eigenvalue weighted by Crippen LogP contribution is -2.45. The maximum Gasteiger partial charge on any atom is 0.305 e. The zero-order chi connectivity index (χ0) is 43.0. The molecular formula is C53H101NO5. The summed E-state index contributed by atoms with van der Waals surface area (Å²) in [6.45, 7) is 4.86. The van der Waals surface area contributed by atoms with Gasteiger partial charge in [0.25, 0.3) is 0 Å². The van der Waals surface area contributed by atoms with Crippen molar-refractivity contribution in [3.8, 4) is 0 Å². The number of esters is 1. The average molecular weight is 832 g/mol. The van der Waals surface area contributed by atoms with Crippen molar-refractivity contribution in [3.05, 3.63) is 24.3 Å². The fraction of sp³-hybridized carbons (Fsp3) is 0.887. The van der Waals surface area contributed by atoms with Crippen molar-refractivity contribution in [2.45, 2.75) is 289 Å². The average Bonchev–Trinajstić information content (AvgIpc) is 3.24. The van der Waals surface area contributed by atoms with Gasteiger partial charge < -0.3 is 20.3 Å². The number of ether oxygens (including phenoxy) is 1. The van der Waals surface area contributed by atoms with Crippen molar-refractivity contribution in [1.82, 2.24) is 5.32 Å². The molecule has 0 aliphatic carbocycles. The number of allylic oxidation sites excluding steroid dienone is 3. The first kappa shape index (κ1) is 57.3. The van der Waals surface area contributed by atoms with E-state index in [1.807, 2.05) is 6.08 Å². The molecule has 2 unspecified atom stereocenters. The Morgan fingerprint density at radius 2 is 0.797 bits per heavy atom. The van der Waals surface area contributed by atoms with Crippen LogP contribution in [0, 0.1) is 0 Å². The second-order valence-electron chi connectivity index (χ2n) is 17.9. The van der Waals surface area contributed by atoms with Gasteiger partial charge in [-0.15, -0.1) is 0 Å². The van der Waals surface area contributed by atoms with Gasteiger partial charge in [0.05, 0.1) is 25.4 Å². The quantitative estimate of drug-likeness (QED) is 0.0322. The number of aliphatic hydroxyl groups excluding tert-OH is 2. The van der Waals surface area contributed by atoms with Crippen LogP contribution in [0.4, 0.5) is 0 Å². The van der Waals surface area contributed by atoms with Gasteiger partial charge in [-0.05, 0) is 57.8 Å². The molecule has 0 aliphatic heterocycles. The molecule has 6 nitrogen and oxygen atoms in total. The Hall–Kier alpha value is -1.66. The number of hydrogen-bond donors (Lipinski definition) is 3. The molecule has 0 saturated heterocycles. The topological polar surface area (TPSA) is 95.9 Å². The third-order valence-electron chi connectivity index (χ3n) is 12.0. The SMILES string of the molecule is CCCCCCCCCC/C=C/C(O)C(CO)NC(=O)CCCCCCCCC/C=C\CCCCCCCCOC(=O)CCCCCCCCCCCCCCCCC. The number of unbranched alkanes of at least 4 members (excludes halogenated alkanes) is 35. The lowest BCUT2D eigenvalue weighted by Gasteiger charge is -2.20. The summed E-state index contributed by atoms with van der Waals surface area (Å²) in [6.07, 6.45) is 57.6. The van der Waals surface area contributed by atoms with Crippen LogP contribution in [-0.4, -0.2) is 47.4 Å². The molecule has 0 bridgehead atoms. The van der Waals surface area contributed by atoms with E-state index in [2.05, 4.69) is 31.3 Å². The van der Waals surface area contributed by atoms with Crippen LogP contribution in [0.2, 0.25) is 0 Å². The summed E-state index contributed by atoms with van der Waals surface area (Å²) in [7, 11) is 0. The van der Waals surface area contributed by atoms with E-state index in [4.69, 9.17) is 4.74 Å². The maximum absolute atomic E-state index is 12.4. The lowest BCUT2D eigenvalue weighted by atomic mass is 10.0. The largest absolute Gasteiger partial charge is 0.466 e. The molecule has 59 heavy (non-hydrogen) atoms. The van der Waals surface area contributed by atoms with Crippen LogP contribution in [0.25, 0.3) is 0 Å². The Morgan fingerprint density at radius 1 is 0.458 bits per heavy atom. The highest BCUT2D eigenvalue weighted by Crippen LogP contribution is 2.16. The number of carbonyl (C=O) groups is 2. The third-order valence-corrected chi connectivity index (χ3v) is 12.0. The summed E-state index contributed by atoms with van der Waals surface area (Å²) < 4.78 is 5.47. The van der Waals surface area contributed by atoms with E-state index in [1.54, 1.807) is 6.08 Å². The Balaban J connectivity index is 3.45. The van der Waals surface area contributed by atoms with Crippen LogP contribution < -0.4 is 5.32 Å². The van der Waals surface area contributed by atoms with Crippen molar-refractivity contribution in [1.29, 1.82) is 0 Å². The summed E-state index contributed by atoms with van der Waals surface area (Å²) in [6, 6.07) is -0.634. The smallest absolute Gasteiger partial charge is 0.305 e. The molecule has 6 heteroatoms. The molecule has 0 spiro atoms. The highest BCUT2D eigenvalue weighted by Gasteiger charge is 2.18. The number of aliphatic hydroxyl groups is 2. The van der Waals surface area contributed by atoms with E-state index in [1.165, 1.54) is 193 Å². The molecule has 0 heterocycles. The highest BCUT2D eigenvalue weighted by molar-refractivity contribution is 5.76. The molecule has 0 saturated carbocycles. The summed E-state index contributed by atoms with van der Waals surface area (Å²) >= 11 is 0. The molecule has 3 N–H and O–H groups in total. The number of nitrogens with one attached hydrogen (secondary N) is 1. The normalized spacial score (nSPS) is 12.8. The number of carbonyl (C=O) groups excluding carboxylic acids is 2. The summed E-state index contributed by atoms with van der Waals surface area (Å²) in [5.41, 5.74) is 0. The van der Waals surface area contributed by atoms with Crippen LogP contribution in [0.1, 0.15) is 277 Å². The standard InChI is InChI=1S/C53H101NO5/c1-3-5-7-9-11-13-15-16-20-24-27-31-35-39-43-47-53(58)59-48-44-40-36-32-28-25-22-19-17-18-21-23-26-30-34-38-42-46-52(57)54-50(49-55)51(56)45-41-37-33-29-14-12-10-8-6-4-2/h17,19,41,45,50-51,55-56H,3-16,18,20-40,42-44,46-49H2,1-2H3,(H,54,57)/b19-17-,45-41+. The molecule has 0 aromatic rings. The fourth-order valence-corrected chi connectivity index (χ4v) is 7.92. The van der Waals surface area contributed by atoms with Crippen molar-refractivity contribution in [2.75, 3.05) is 13.2 Å². The van der Waals surface area contributed by atoms with Crippen molar-refractivity contribution < 1.29 is 24.5 Å². The molecule has 0 fully saturated rings. The van der Waals surface area contributed by atoms with Gasteiger partial charge >= 0.3 is 5.97 Å². The van der Waals surface area contributed by atoms with Crippen LogP contribution in [0.15, 0.2) is 24.3 Å². The number of hydrogen-bond acceptors (Lipinski definition) is 5. The third kappa shape index (κ3) is 45.7. The van der Waals surface area contributed by atoms with Gasteiger partial charge in [0.15, 0.2) is 0 Å². The van der Waals surface area contributed by atoms with E-state index < -0.39 is 12.1 Å². The molecule has 0 radical (unpaired) electrons. The minimum atomic E-state index is -0.849. The van der Waals surface area contributed by atoms with Crippen LogP contribution >= 0.6 is 0 Å². The van der Waals surface area contributed by atoms with E-state index in [9.17, 15) is 19.8 Å². The van der Waals surface area contributed by atoms with E-state index in [-0.39, 0.29) is 18.5 Å². The van der Waals surface area contributed by atoms with Gasteiger partial charge in [-0.1, -0.05) is 231 Å². The molecule has 2 atom stereocenters. The molecule has 0 aliphatic rings. The predicted molar refractivity (Wildman–Crippen MR) is 255 cm³/mol. The molecule has 348 valence electrons. The molecule has 0 aromatic carbocycles. The zero-order valence-corrected chi connectivity index (χ0v) is 39.5. The van der Waals surface area contributed by atoms with Gasteiger partial charge in [0.1, 0.15) is 0 Å². The highest BCUT2D eigenvalue weighted by atomic mass is 16.5. The molecular weight excluding hydrogens is 731 g/mol. The van der Waals surface area contributed by atoms with Crippen LogP contribution in [0.3, 0.4) is 0 Å². The van der Waals surface area contributed by atoms with E-state index in [0.29, 0.717) is 19.4 Å². The lowest BCUT2D eigenvalue weighted by molar-refractivity contribution is -0.143. The van der Waals surface area contributed by atoms with Gasteiger partial charge in [-0.2, -0.15) is 0 Å². The van der Waals surface area contributed by atoms with Crippen LogP contribution in [0.5, 0.6) is 0 Å². The van der Waals surface area contributed by atoms with Gasteiger partial charge in [-0.25, -0.2) is 0 Å². The van der Waals surface area contributed by atoms with E-state index in [0.717, 1.165) is 57.8 Å². The summed E-state index contributed by atoms with van der Waals surface area (Å²) in [5.74, 6) is -0.0824. The predicted octanol–water partition coefficient (Wildman–Crippen LogP) is 15.5. The van der Waals surface area contributed by atoms with Crippen molar-refractivity contribution in [3.63, 3.8) is 0 Å². The van der Waals surface area contributed by atoms with Crippen molar-refractivity contribution >= 4 is 11.9 Å². The van der Waals surface area contributed by atoms with Crippen molar-refractivity contribution in [2.24, 2.45) is 0 Å². The molecule has 0 rings (SSSR count). The fourth-order valence-electron chi connectivity index (χ4n) is 7.92. The first-order chi connectivity index (χ1) is 29.0. The molecule has 1 amide bonds. The van der Waals surface area contributed by atoms with Gasteiger partial charge in [-0.3, -0.25) is 9.59 Å². The minimum absolute atomic E-state index is 0.000393. The molecule has 0 aromatic heterocycles. The Morgan fingerprint density at radius 3 is 1.20 bits per heavy atom. The summed E-state index contributed by atoms with van der Waals surface area (Å²) in [5, 5.41) is 22.9. The van der Waals surface area contributed by atoms with Crippen LogP contribution in [-0.2, 0) is 14.3 Å². The first-order valence-corrected chi connectivity index (χ1v) is 26.1. The van der Waals surface area contributed by atoms with Gasteiger partial charge in [0.2, 0.25) is 5.91 Å². The Kier molecular flexibility index (Phi) is 47.6. The monoisotopic (exact) mass is 832 g/mol. The Labute approximate surface area is 367 Å². The second kappa shape index (κ2) is 49.0. The Bertz CT molecular complexity index is 920. The second-order valence-corrected chi connectivity index (χ2v) is 17.9. The first-order valence-electron chi connectivity index (χ1n) is 26.1. The maximum atomic E-state index is 12.4.